The van der Waals surface area contributed by atoms with Gasteiger partial charge in [0.05, 0.1) is 23.2 Å². The molecule has 2 rings (SSSR count). The SMILES string of the molecule is COC(C)(C)C(O)c1cnnn1-c1ccccc1. The second kappa shape index (κ2) is 4.88. The average Bonchev–Trinajstić information content (AvgIpc) is 2.87. The van der Waals surface area contributed by atoms with E-state index < -0.39 is 11.7 Å². The van der Waals surface area contributed by atoms with Gasteiger partial charge >= 0.3 is 0 Å². The lowest BCUT2D eigenvalue weighted by Crippen LogP contribution is -2.32. The van der Waals surface area contributed by atoms with Crippen molar-refractivity contribution in [1.82, 2.24) is 15.0 Å². The number of benzene rings is 1. The maximum Gasteiger partial charge on any atom is 0.126 e. The van der Waals surface area contributed by atoms with Crippen molar-refractivity contribution in [3.63, 3.8) is 0 Å². The molecule has 1 heterocycles. The van der Waals surface area contributed by atoms with E-state index >= 15 is 0 Å². The number of aliphatic hydroxyl groups excluding tert-OH is 1. The van der Waals surface area contributed by atoms with Crippen molar-refractivity contribution < 1.29 is 9.84 Å². The van der Waals surface area contributed by atoms with Crippen molar-refractivity contribution in [2.45, 2.75) is 25.6 Å². The van der Waals surface area contributed by atoms with Gasteiger partial charge < -0.3 is 9.84 Å². The van der Waals surface area contributed by atoms with Crippen LogP contribution >= 0.6 is 0 Å². The van der Waals surface area contributed by atoms with E-state index in [2.05, 4.69) is 10.3 Å². The maximum absolute atomic E-state index is 10.4. The molecule has 5 nitrogen and oxygen atoms in total. The second-order valence-electron chi connectivity index (χ2n) is 4.62. The van der Waals surface area contributed by atoms with Gasteiger partial charge in [0.25, 0.3) is 0 Å². The molecule has 0 aliphatic heterocycles. The van der Waals surface area contributed by atoms with Crippen molar-refractivity contribution in [1.29, 1.82) is 0 Å². The molecule has 0 aliphatic rings. The van der Waals surface area contributed by atoms with Gasteiger partial charge in [0.1, 0.15) is 6.10 Å². The summed E-state index contributed by atoms with van der Waals surface area (Å²) in [5, 5.41) is 18.2. The molecule has 1 N–H and O–H groups in total. The van der Waals surface area contributed by atoms with Gasteiger partial charge in [0.2, 0.25) is 0 Å². The van der Waals surface area contributed by atoms with Crippen LogP contribution in [0.25, 0.3) is 5.69 Å². The van der Waals surface area contributed by atoms with Crippen LogP contribution in [-0.2, 0) is 4.74 Å². The molecule has 0 saturated heterocycles. The molecule has 0 aliphatic carbocycles. The quantitative estimate of drug-likeness (QED) is 0.893. The zero-order chi connectivity index (χ0) is 13.2. The van der Waals surface area contributed by atoms with E-state index in [-0.39, 0.29) is 0 Å². The molecule has 0 spiro atoms. The van der Waals surface area contributed by atoms with Gasteiger partial charge in [-0.1, -0.05) is 23.4 Å². The summed E-state index contributed by atoms with van der Waals surface area (Å²) in [6, 6.07) is 9.56. The number of aliphatic hydroxyl groups is 1. The number of hydrogen-bond acceptors (Lipinski definition) is 4. The fraction of sp³-hybridized carbons (Fsp3) is 0.385. The molecule has 1 aromatic heterocycles. The standard InChI is InChI=1S/C13H17N3O2/c1-13(2,18-3)12(17)11-9-14-15-16(11)10-7-5-4-6-8-10/h4-9,12,17H,1-3H3. The van der Waals surface area contributed by atoms with Gasteiger partial charge in [-0.15, -0.1) is 5.10 Å². The van der Waals surface area contributed by atoms with Crippen LogP contribution < -0.4 is 0 Å². The lowest BCUT2D eigenvalue weighted by Gasteiger charge is -2.28. The number of para-hydroxylation sites is 1. The van der Waals surface area contributed by atoms with Crippen LogP contribution in [0.2, 0.25) is 0 Å². The Morgan fingerprint density at radius 1 is 1.28 bits per heavy atom. The number of aromatic nitrogens is 3. The van der Waals surface area contributed by atoms with Gasteiger partial charge in [-0.3, -0.25) is 0 Å². The molecule has 0 fully saturated rings. The van der Waals surface area contributed by atoms with E-state index in [0.29, 0.717) is 5.69 Å². The largest absolute Gasteiger partial charge is 0.384 e. The Hall–Kier alpha value is -1.72. The highest BCUT2D eigenvalue weighted by atomic mass is 16.5. The molecule has 1 unspecified atom stereocenters. The molecule has 0 amide bonds. The van der Waals surface area contributed by atoms with Crippen LogP contribution in [0.1, 0.15) is 25.6 Å². The van der Waals surface area contributed by atoms with E-state index in [1.165, 1.54) is 0 Å². The fourth-order valence-electron chi connectivity index (χ4n) is 1.67. The molecule has 1 aromatic carbocycles. The molecule has 0 bridgehead atoms. The fourth-order valence-corrected chi connectivity index (χ4v) is 1.67. The summed E-state index contributed by atoms with van der Waals surface area (Å²) < 4.78 is 6.91. The number of ether oxygens (including phenoxy) is 1. The first-order valence-corrected chi connectivity index (χ1v) is 5.75. The summed E-state index contributed by atoms with van der Waals surface area (Å²) in [6.45, 7) is 3.64. The zero-order valence-electron chi connectivity index (χ0n) is 10.7. The van der Waals surface area contributed by atoms with Crippen LogP contribution in [0, 0.1) is 0 Å². The first-order valence-electron chi connectivity index (χ1n) is 5.75. The van der Waals surface area contributed by atoms with Crippen LogP contribution in [0.5, 0.6) is 0 Å². The minimum atomic E-state index is -0.808. The summed E-state index contributed by atoms with van der Waals surface area (Å²) >= 11 is 0. The Morgan fingerprint density at radius 3 is 2.56 bits per heavy atom. The predicted molar refractivity (Wildman–Crippen MR) is 67.4 cm³/mol. The summed E-state index contributed by atoms with van der Waals surface area (Å²) in [4.78, 5) is 0. The number of nitrogens with zero attached hydrogens (tertiary/aromatic N) is 3. The first-order chi connectivity index (χ1) is 8.56. The van der Waals surface area contributed by atoms with Gasteiger partial charge in [-0.2, -0.15) is 0 Å². The topological polar surface area (TPSA) is 60.2 Å². The monoisotopic (exact) mass is 247 g/mol. The highest BCUT2D eigenvalue weighted by molar-refractivity contribution is 5.32. The Morgan fingerprint density at radius 2 is 1.94 bits per heavy atom. The number of methoxy groups -OCH3 is 1. The minimum Gasteiger partial charge on any atom is -0.384 e. The third kappa shape index (κ3) is 2.27. The van der Waals surface area contributed by atoms with Crippen molar-refractivity contribution >= 4 is 0 Å². The Kier molecular flexibility index (Phi) is 3.45. The summed E-state index contributed by atoms with van der Waals surface area (Å²) in [7, 11) is 1.57. The van der Waals surface area contributed by atoms with Crippen LogP contribution in [0.3, 0.4) is 0 Å². The van der Waals surface area contributed by atoms with E-state index in [1.54, 1.807) is 18.0 Å². The van der Waals surface area contributed by atoms with Gasteiger partial charge in [-0.05, 0) is 26.0 Å². The molecule has 18 heavy (non-hydrogen) atoms. The third-order valence-electron chi connectivity index (χ3n) is 3.04. The molecule has 2 aromatic rings. The van der Waals surface area contributed by atoms with E-state index in [9.17, 15) is 5.11 Å². The lowest BCUT2D eigenvalue weighted by atomic mass is 9.99. The maximum atomic E-state index is 10.4. The molecular formula is C13H17N3O2. The molecular weight excluding hydrogens is 230 g/mol. The highest BCUT2D eigenvalue weighted by Crippen LogP contribution is 2.28. The van der Waals surface area contributed by atoms with E-state index in [0.717, 1.165) is 5.69 Å². The van der Waals surface area contributed by atoms with Crippen LogP contribution in [0.15, 0.2) is 36.5 Å². The van der Waals surface area contributed by atoms with E-state index in [4.69, 9.17) is 4.74 Å². The van der Waals surface area contributed by atoms with Crippen molar-refractivity contribution in [3.8, 4) is 5.69 Å². The molecule has 0 radical (unpaired) electrons. The molecule has 5 heteroatoms. The first kappa shape index (κ1) is 12.7. The summed E-state index contributed by atoms with van der Waals surface area (Å²) in [5.74, 6) is 0. The Balaban J connectivity index is 2.40. The molecule has 1 atom stereocenters. The normalized spacial score (nSPS) is 13.6. The van der Waals surface area contributed by atoms with Crippen molar-refractivity contribution in [3.05, 3.63) is 42.2 Å². The van der Waals surface area contributed by atoms with E-state index in [1.807, 2.05) is 44.2 Å². The van der Waals surface area contributed by atoms with Crippen LogP contribution in [-0.4, -0.2) is 32.8 Å². The summed E-state index contributed by atoms with van der Waals surface area (Å²) in [6.07, 6.45) is 0.746. The second-order valence-corrected chi connectivity index (χ2v) is 4.62. The highest BCUT2D eigenvalue weighted by Gasteiger charge is 2.32. The minimum absolute atomic E-state index is 0.605. The van der Waals surface area contributed by atoms with Gasteiger partial charge in [0.15, 0.2) is 0 Å². The zero-order valence-corrected chi connectivity index (χ0v) is 10.7. The predicted octanol–water partition coefficient (Wildman–Crippen LogP) is 1.73. The molecule has 0 saturated carbocycles. The third-order valence-corrected chi connectivity index (χ3v) is 3.04. The molecule has 96 valence electrons. The summed E-state index contributed by atoms with van der Waals surface area (Å²) in [5.41, 5.74) is 0.762. The average molecular weight is 247 g/mol. The van der Waals surface area contributed by atoms with Crippen molar-refractivity contribution in [2.24, 2.45) is 0 Å². The van der Waals surface area contributed by atoms with Crippen molar-refractivity contribution in [2.75, 3.05) is 7.11 Å². The Labute approximate surface area is 106 Å². The number of rotatable bonds is 4. The Bertz CT molecular complexity index is 508. The van der Waals surface area contributed by atoms with Gasteiger partial charge in [0, 0.05) is 7.11 Å². The lowest BCUT2D eigenvalue weighted by molar-refractivity contribution is -0.0819. The number of hydrogen-bond donors (Lipinski definition) is 1. The smallest absolute Gasteiger partial charge is 0.126 e. The van der Waals surface area contributed by atoms with Gasteiger partial charge in [-0.25, -0.2) is 4.68 Å². The van der Waals surface area contributed by atoms with Crippen LogP contribution in [0.4, 0.5) is 0 Å².